The predicted molar refractivity (Wildman–Crippen MR) is 120 cm³/mol. The SMILES string of the molecule is CC(=O)Oc1cccc(C(=O)Nc2cccc(NC(=O)CCNC(=O)OC(C)(C)C)c2)c1. The molecule has 3 amide bonds. The number of rotatable bonds is 7. The molecule has 0 bridgehead atoms. The summed E-state index contributed by atoms with van der Waals surface area (Å²) >= 11 is 0. The fraction of sp³-hybridized carbons (Fsp3) is 0.304. The minimum atomic E-state index is -0.612. The number of carbonyl (C=O) groups excluding carboxylic acids is 4. The summed E-state index contributed by atoms with van der Waals surface area (Å²) in [7, 11) is 0. The molecule has 0 spiro atoms. The smallest absolute Gasteiger partial charge is 0.407 e. The van der Waals surface area contributed by atoms with Crippen molar-refractivity contribution in [3.05, 3.63) is 54.1 Å². The van der Waals surface area contributed by atoms with Crippen molar-refractivity contribution >= 4 is 35.3 Å². The van der Waals surface area contributed by atoms with Gasteiger partial charge in [0.2, 0.25) is 5.91 Å². The van der Waals surface area contributed by atoms with E-state index in [0.29, 0.717) is 16.9 Å². The van der Waals surface area contributed by atoms with Gasteiger partial charge in [-0.3, -0.25) is 14.4 Å². The molecule has 9 heteroatoms. The van der Waals surface area contributed by atoms with Gasteiger partial charge in [-0.1, -0.05) is 12.1 Å². The van der Waals surface area contributed by atoms with E-state index in [1.54, 1.807) is 63.2 Å². The number of alkyl carbamates (subject to hydrolysis) is 1. The molecule has 170 valence electrons. The van der Waals surface area contributed by atoms with Crippen molar-refractivity contribution in [2.24, 2.45) is 0 Å². The van der Waals surface area contributed by atoms with Crippen LogP contribution in [0.3, 0.4) is 0 Å². The Kier molecular flexibility index (Phi) is 8.34. The number of carbonyl (C=O) groups is 4. The number of amides is 3. The molecule has 2 aromatic rings. The van der Waals surface area contributed by atoms with E-state index in [4.69, 9.17) is 9.47 Å². The van der Waals surface area contributed by atoms with E-state index in [1.165, 1.54) is 13.0 Å². The van der Waals surface area contributed by atoms with Gasteiger partial charge in [0.15, 0.2) is 0 Å². The normalized spacial score (nSPS) is 10.6. The first-order valence-electron chi connectivity index (χ1n) is 9.98. The van der Waals surface area contributed by atoms with Crippen LogP contribution in [0.5, 0.6) is 5.75 Å². The first-order valence-corrected chi connectivity index (χ1v) is 9.98. The summed E-state index contributed by atoms with van der Waals surface area (Å²) in [4.78, 5) is 47.3. The van der Waals surface area contributed by atoms with Crippen molar-refractivity contribution in [3.63, 3.8) is 0 Å². The van der Waals surface area contributed by atoms with Crippen molar-refractivity contribution < 1.29 is 28.7 Å². The second-order valence-corrected chi connectivity index (χ2v) is 7.88. The van der Waals surface area contributed by atoms with Crippen LogP contribution in [-0.4, -0.2) is 36.0 Å². The van der Waals surface area contributed by atoms with Gasteiger partial charge in [-0.25, -0.2) is 4.79 Å². The van der Waals surface area contributed by atoms with Crippen LogP contribution in [0.2, 0.25) is 0 Å². The molecule has 0 aliphatic heterocycles. The highest BCUT2D eigenvalue weighted by molar-refractivity contribution is 6.05. The maximum Gasteiger partial charge on any atom is 0.407 e. The number of hydrogen-bond donors (Lipinski definition) is 3. The summed E-state index contributed by atoms with van der Waals surface area (Å²) < 4.78 is 10.1. The van der Waals surface area contributed by atoms with Gasteiger partial charge in [-0.2, -0.15) is 0 Å². The van der Waals surface area contributed by atoms with Crippen LogP contribution in [0.15, 0.2) is 48.5 Å². The second kappa shape index (κ2) is 10.9. The summed E-state index contributed by atoms with van der Waals surface area (Å²) in [6, 6.07) is 12.9. The third-order valence-electron chi connectivity index (χ3n) is 3.78. The number of nitrogens with one attached hydrogen (secondary N) is 3. The van der Waals surface area contributed by atoms with Gasteiger partial charge < -0.3 is 25.4 Å². The molecule has 2 aromatic carbocycles. The number of esters is 1. The standard InChI is InChI=1S/C23H27N3O6/c1-15(27)31-19-10-5-7-16(13-19)21(29)26-18-9-6-8-17(14-18)25-20(28)11-12-24-22(30)32-23(2,3)4/h5-10,13-14H,11-12H2,1-4H3,(H,24,30)(H,25,28)(H,26,29). The monoisotopic (exact) mass is 441 g/mol. The fourth-order valence-electron chi connectivity index (χ4n) is 2.56. The molecule has 0 unspecified atom stereocenters. The van der Waals surface area contributed by atoms with E-state index in [1.807, 2.05) is 0 Å². The van der Waals surface area contributed by atoms with Crippen LogP contribution in [-0.2, 0) is 14.3 Å². The fourth-order valence-corrected chi connectivity index (χ4v) is 2.56. The minimum absolute atomic E-state index is 0.0543. The summed E-state index contributed by atoms with van der Waals surface area (Å²) in [6.07, 6.45) is -0.536. The van der Waals surface area contributed by atoms with E-state index >= 15 is 0 Å². The molecule has 0 saturated heterocycles. The highest BCUT2D eigenvalue weighted by Crippen LogP contribution is 2.18. The third kappa shape index (κ3) is 8.86. The highest BCUT2D eigenvalue weighted by atomic mass is 16.6. The Bertz CT molecular complexity index is 997. The van der Waals surface area contributed by atoms with Crippen LogP contribution < -0.4 is 20.7 Å². The van der Waals surface area contributed by atoms with E-state index in [-0.39, 0.29) is 24.6 Å². The lowest BCUT2D eigenvalue weighted by Crippen LogP contribution is -2.34. The number of ether oxygens (including phenoxy) is 2. The van der Waals surface area contributed by atoms with Gasteiger partial charge in [-0.15, -0.1) is 0 Å². The lowest BCUT2D eigenvalue weighted by molar-refractivity contribution is -0.131. The van der Waals surface area contributed by atoms with Crippen LogP contribution in [0.1, 0.15) is 44.5 Å². The van der Waals surface area contributed by atoms with Crippen LogP contribution in [0, 0.1) is 0 Å². The molecule has 0 heterocycles. The molecule has 0 aromatic heterocycles. The summed E-state index contributed by atoms with van der Waals surface area (Å²) in [5, 5.41) is 7.95. The molecule has 0 aliphatic rings. The average molecular weight is 441 g/mol. The number of hydrogen-bond acceptors (Lipinski definition) is 6. The quantitative estimate of drug-likeness (QED) is 0.445. The zero-order valence-corrected chi connectivity index (χ0v) is 18.5. The molecule has 0 radical (unpaired) electrons. The third-order valence-corrected chi connectivity index (χ3v) is 3.78. The zero-order valence-electron chi connectivity index (χ0n) is 18.5. The van der Waals surface area contributed by atoms with Gasteiger partial charge in [-0.05, 0) is 57.2 Å². The molecule has 3 N–H and O–H groups in total. The summed E-state index contributed by atoms with van der Waals surface area (Å²) in [6.45, 7) is 6.65. The van der Waals surface area contributed by atoms with Crippen molar-refractivity contribution in [2.45, 2.75) is 39.7 Å². The Morgan fingerprint density at radius 3 is 2.22 bits per heavy atom. The molecule has 0 aliphatic carbocycles. The predicted octanol–water partition coefficient (Wildman–Crippen LogP) is 3.72. The first-order chi connectivity index (χ1) is 15.0. The van der Waals surface area contributed by atoms with Gasteiger partial charge in [0.25, 0.3) is 5.91 Å². The molecule has 0 fully saturated rings. The Morgan fingerprint density at radius 2 is 1.56 bits per heavy atom. The van der Waals surface area contributed by atoms with Gasteiger partial charge >= 0.3 is 12.1 Å². The average Bonchev–Trinajstić information content (AvgIpc) is 2.66. The zero-order chi connectivity index (χ0) is 23.7. The molecule has 0 saturated carbocycles. The van der Waals surface area contributed by atoms with Crippen molar-refractivity contribution in [3.8, 4) is 5.75 Å². The van der Waals surface area contributed by atoms with Crippen molar-refractivity contribution in [1.29, 1.82) is 0 Å². The van der Waals surface area contributed by atoms with E-state index in [2.05, 4.69) is 16.0 Å². The van der Waals surface area contributed by atoms with Gasteiger partial charge in [0, 0.05) is 36.8 Å². The van der Waals surface area contributed by atoms with Crippen molar-refractivity contribution in [2.75, 3.05) is 17.2 Å². The summed E-state index contributed by atoms with van der Waals surface area (Å²) in [5.41, 5.74) is 0.654. The van der Waals surface area contributed by atoms with Gasteiger partial charge in [0.05, 0.1) is 0 Å². The Morgan fingerprint density at radius 1 is 0.906 bits per heavy atom. The molecule has 2 rings (SSSR count). The Labute approximate surface area is 186 Å². The maximum atomic E-state index is 12.5. The van der Waals surface area contributed by atoms with E-state index < -0.39 is 23.6 Å². The Hall–Kier alpha value is -3.88. The van der Waals surface area contributed by atoms with Crippen molar-refractivity contribution in [1.82, 2.24) is 5.32 Å². The van der Waals surface area contributed by atoms with Crippen LogP contribution >= 0.6 is 0 Å². The molecular formula is C23H27N3O6. The largest absolute Gasteiger partial charge is 0.444 e. The maximum absolute atomic E-state index is 12.5. The molecule has 9 nitrogen and oxygen atoms in total. The minimum Gasteiger partial charge on any atom is -0.444 e. The van der Waals surface area contributed by atoms with Crippen LogP contribution in [0.25, 0.3) is 0 Å². The number of benzene rings is 2. The van der Waals surface area contributed by atoms with Gasteiger partial charge in [0.1, 0.15) is 11.4 Å². The first kappa shape index (κ1) is 24.4. The second-order valence-electron chi connectivity index (χ2n) is 7.88. The topological polar surface area (TPSA) is 123 Å². The lowest BCUT2D eigenvalue weighted by atomic mass is 10.2. The van der Waals surface area contributed by atoms with Crippen LogP contribution in [0.4, 0.5) is 16.2 Å². The van der Waals surface area contributed by atoms with E-state index in [0.717, 1.165) is 0 Å². The Balaban J connectivity index is 1.89. The van der Waals surface area contributed by atoms with E-state index in [9.17, 15) is 19.2 Å². The molecular weight excluding hydrogens is 414 g/mol. The number of anilines is 2. The highest BCUT2D eigenvalue weighted by Gasteiger charge is 2.16. The summed E-state index contributed by atoms with van der Waals surface area (Å²) in [5.74, 6) is -0.916. The lowest BCUT2D eigenvalue weighted by Gasteiger charge is -2.19. The molecule has 32 heavy (non-hydrogen) atoms. The molecule has 0 atom stereocenters.